The lowest BCUT2D eigenvalue weighted by molar-refractivity contribution is -0.00126. The maximum atomic E-state index is 6.49. The Balaban J connectivity index is 1.31. The van der Waals surface area contributed by atoms with Crippen molar-refractivity contribution < 1.29 is 9.47 Å². The van der Waals surface area contributed by atoms with Crippen LogP contribution in [0.1, 0.15) is 48.5 Å². The highest BCUT2D eigenvalue weighted by atomic mass is 127. The second kappa shape index (κ2) is 8.08. The molecule has 0 bridgehead atoms. The molecule has 1 atom stereocenters. The lowest BCUT2D eigenvalue weighted by atomic mass is 9.91. The molecule has 2 aromatic rings. The van der Waals surface area contributed by atoms with Gasteiger partial charge in [-0.2, -0.15) is 0 Å². The molecule has 27 heavy (non-hydrogen) atoms. The highest BCUT2D eigenvalue weighted by Gasteiger charge is 2.31. The topological polar surface area (TPSA) is 47.5 Å². The van der Waals surface area contributed by atoms with E-state index in [0.29, 0.717) is 12.0 Å². The van der Waals surface area contributed by atoms with E-state index in [-0.39, 0.29) is 6.10 Å². The van der Waals surface area contributed by atoms with E-state index in [0.717, 1.165) is 54.3 Å². The van der Waals surface area contributed by atoms with Crippen LogP contribution < -0.4 is 4.74 Å². The first-order valence-corrected chi connectivity index (χ1v) is 12.5. The fourth-order valence-corrected chi connectivity index (χ4v) is 7.02. The Bertz CT molecular complexity index is 800. The van der Waals surface area contributed by atoms with Gasteiger partial charge in [0, 0.05) is 28.4 Å². The fourth-order valence-electron chi connectivity index (χ4n) is 4.91. The number of aryl methyl sites for hydroxylation is 1. The molecule has 0 spiro atoms. The van der Waals surface area contributed by atoms with Crippen molar-refractivity contribution in [2.75, 3.05) is 30.7 Å². The summed E-state index contributed by atoms with van der Waals surface area (Å²) in [6, 6.07) is 0.702. The predicted molar refractivity (Wildman–Crippen MR) is 116 cm³/mol. The molecule has 2 fully saturated rings. The van der Waals surface area contributed by atoms with Crippen molar-refractivity contribution in [2.24, 2.45) is 0 Å². The van der Waals surface area contributed by atoms with Gasteiger partial charge >= 0.3 is 0 Å². The molecule has 5 nitrogen and oxygen atoms in total. The Morgan fingerprint density at radius 2 is 1.96 bits per heavy atom. The standard InChI is InChI=1S/C20H26IN3O2S/c21-11-13-1-6-16-17(13)18-19(22-12-23-20(18)27-16)26-15-4-2-14(3-5-15)24-7-9-25-10-8-24/h12-15H,1-11H2. The highest BCUT2D eigenvalue weighted by molar-refractivity contribution is 14.1. The van der Waals surface area contributed by atoms with Gasteiger partial charge in [0.15, 0.2) is 0 Å². The summed E-state index contributed by atoms with van der Waals surface area (Å²) in [6.07, 6.45) is 9.10. The van der Waals surface area contributed by atoms with Crippen LogP contribution in [0.15, 0.2) is 6.33 Å². The van der Waals surface area contributed by atoms with Gasteiger partial charge in [0.25, 0.3) is 0 Å². The number of thiophene rings is 1. The predicted octanol–water partition coefficient (Wildman–Crippen LogP) is 4.18. The van der Waals surface area contributed by atoms with E-state index >= 15 is 0 Å². The van der Waals surface area contributed by atoms with Gasteiger partial charge in [0.2, 0.25) is 5.88 Å². The molecule has 2 aromatic heterocycles. The molecule has 146 valence electrons. The van der Waals surface area contributed by atoms with Crippen molar-refractivity contribution in [1.29, 1.82) is 0 Å². The summed E-state index contributed by atoms with van der Waals surface area (Å²) in [5, 5.41) is 1.21. The molecule has 3 aliphatic rings. The molecule has 3 heterocycles. The highest BCUT2D eigenvalue weighted by Crippen LogP contribution is 2.46. The van der Waals surface area contributed by atoms with Gasteiger partial charge in [-0.25, -0.2) is 9.97 Å². The third kappa shape index (κ3) is 3.60. The number of aromatic nitrogens is 2. The summed E-state index contributed by atoms with van der Waals surface area (Å²) in [5.41, 5.74) is 1.49. The number of halogens is 1. The summed E-state index contributed by atoms with van der Waals surface area (Å²) in [7, 11) is 0. The lowest BCUT2D eigenvalue weighted by Crippen LogP contribution is -2.46. The Kier molecular flexibility index (Phi) is 5.54. The maximum absolute atomic E-state index is 6.49. The second-order valence-electron chi connectivity index (χ2n) is 7.88. The number of hydrogen-bond donors (Lipinski definition) is 0. The smallest absolute Gasteiger partial charge is 0.225 e. The Morgan fingerprint density at radius 1 is 1.15 bits per heavy atom. The number of alkyl halides is 1. The van der Waals surface area contributed by atoms with Crippen LogP contribution >= 0.6 is 33.9 Å². The molecule has 5 rings (SSSR count). The van der Waals surface area contributed by atoms with Crippen molar-refractivity contribution in [3.63, 3.8) is 0 Å². The van der Waals surface area contributed by atoms with E-state index in [1.165, 1.54) is 41.5 Å². The minimum Gasteiger partial charge on any atom is -0.474 e. The molecule has 1 unspecified atom stereocenters. The third-order valence-electron chi connectivity index (χ3n) is 6.37. The first kappa shape index (κ1) is 18.5. The Morgan fingerprint density at radius 3 is 2.74 bits per heavy atom. The van der Waals surface area contributed by atoms with E-state index in [4.69, 9.17) is 9.47 Å². The van der Waals surface area contributed by atoms with Crippen LogP contribution in [0, 0.1) is 0 Å². The van der Waals surface area contributed by atoms with Gasteiger partial charge in [-0.15, -0.1) is 11.3 Å². The molecule has 0 amide bonds. The Labute approximate surface area is 178 Å². The minimum atomic E-state index is 0.287. The van der Waals surface area contributed by atoms with Gasteiger partial charge in [-0.05, 0) is 50.0 Å². The summed E-state index contributed by atoms with van der Waals surface area (Å²) in [6.45, 7) is 3.94. The summed E-state index contributed by atoms with van der Waals surface area (Å²) >= 11 is 4.36. The summed E-state index contributed by atoms with van der Waals surface area (Å²) in [4.78, 5) is 14.3. The normalized spacial score (nSPS) is 29.1. The number of nitrogens with zero attached hydrogens (tertiary/aromatic N) is 3. The van der Waals surface area contributed by atoms with Crippen LogP contribution in [-0.4, -0.2) is 57.7 Å². The zero-order valence-electron chi connectivity index (χ0n) is 15.5. The first-order valence-electron chi connectivity index (χ1n) is 10.1. The van der Waals surface area contributed by atoms with Gasteiger partial charge < -0.3 is 9.47 Å². The molecule has 1 saturated carbocycles. The molecule has 0 aromatic carbocycles. The molecule has 0 N–H and O–H groups in total. The summed E-state index contributed by atoms with van der Waals surface area (Å²) < 4.78 is 13.2. The van der Waals surface area contributed by atoms with Gasteiger partial charge in [0.1, 0.15) is 17.3 Å². The molecule has 2 aliphatic carbocycles. The largest absolute Gasteiger partial charge is 0.474 e. The molecule has 0 radical (unpaired) electrons. The van der Waals surface area contributed by atoms with Crippen LogP contribution in [0.25, 0.3) is 10.2 Å². The number of morpholine rings is 1. The SMILES string of the molecule is ICC1CCc2sc3ncnc(OC4CCC(N5CCOCC5)CC4)c3c21. The first-order chi connectivity index (χ1) is 13.3. The number of ether oxygens (including phenoxy) is 2. The van der Waals surface area contributed by atoms with Gasteiger partial charge in [0.05, 0.1) is 18.6 Å². The quantitative estimate of drug-likeness (QED) is 0.467. The number of fused-ring (bicyclic) bond motifs is 3. The zero-order valence-corrected chi connectivity index (χ0v) is 18.5. The van der Waals surface area contributed by atoms with Crippen molar-refractivity contribution >= 4 is 44.1 Å². The van der Waals surface area contributed by atoms with Crippen molar-refractivity contribution in [2.45, 2.75) is 56.6 Å². The fraction of sp³-hybridized carbons (Fsp3) is 0.700. The molecule has 7 heteroatoms. The van der Waals surface area contributed by atoms with Crippen molar-refractivity contribution in [1.82, 2.24) is 14.9 Å². The van der Waals surface area contributed by atoms with Crippen LogP contribution in [-0.2, 0) is 11.2 Å². The minimum absolute atomic E-state index is 0.287. The van der Waals surface area contributed by atoms with E-state index in [1.807, 2.05) is 11.3 Å². The van der Waals surface area contributed by atoms with Crippen LogP contribution in [0.5, 0.6) is 5.88 Å². The van der Waals surface area contributed by atoms with Crippen LogP contribution in [0.2, 0.25) is 0 Å². The molecular formula is C20H26IN3O2S. The van der Waals surface area contributed by atoms with Crippen molar-refractivity contribution in [3.05, 3.63) is 16.8 Å². The summed E-state index contributed by atoms with van der Waals surface area (Å²) in [5.74, 6) is 1.48. The molecular weight excluding hydrogens is 473 g/mol. The van der Waals surface area contributed by atoms with E-state index < -0.39 is 0 Å². The van der Waals surface area contributed by atoms with Crippen LogP contribution in [0.4, 0.5) is 0 Å². The van der Waals surface area contributed by atoms with E-state index in [1.54, 1.807) is 6.33 Å². The lowest BCUT2D eigenvalue weighted by Gasteiger charge is -2.38. The van der Waals surface area contributed by atoms with E-state index in [9.17, 15) is 0 Å². The number of rotatable bonds is 4. The van der Waals surface area contributed by atoms with Crippen LogP contribution in [0.3, 0.4) is 0 Å². The average Bonchev–Trinajstić information content (AvgIpc) is 3.28. The third-order valence-corrected chi connectivity index (χ3v) is 8.60. The molecule has 1 aliphatic heterocycles. The van der Waals surface area contributed by atoms with Crippen molar-refractivity contribution in [3.8, 4) is 5.88 Å². The van der Waals surface area contributed by atoms with Gasteiger partial charge in [-0.1, -0.05) is 22.6 Å². The van der Waals surface area contributed by atoms with Gasteiger partial charge in [-0.3, -0.25) is 4.90 Å². The Hall–Kier alpha value is -0.510. The molecule has 1 saturated heterocycles. The second-order valence-corrected chi connectivity index (χ2v) is 9.85. The average molecular weight is 499 g/mol. The monoisotopic (exact) mass is 499 g/mol. The number of hydrogen-bond acceptors (Lipinski definition) is 6. The zero-order chi connectivity index (χ0) is 18.2. The maximum Gasteiger partial charge on any atom is 0.225 e. The van der Waals surface area contributed by atoms with E-state index in [2.05, 4.69) is 37.5 Å².